The van der Waals surface area contributed by atoms with Gasteiger partial charge in [-0.05, 0) is 26.1 Å². The standard InChI is InChI=1S/C10H16N2/c1-11-7-3-5-9-6-4-8-12(2)10(9)11/h3,5-6,10H,4,7-8H2,1-2H3. The second kappa shape index (κ2) is 3.04. The Bertz CT molecular complexity index is 230. The molecule has 0 aromatic rings. The summed E-state index contributed by atoms with van der Waals surface area (Å²) in [5.74, 6) is 0. The van der Waals surface area contributed by atoms with Crippen LogP contribution >= 0.6 is 0 Å². The molecule has 0 N–H and O–H groups in total. The fourth-order valence-electron chi connectivity index (χ4n) is 2.12. The van der Waals surface area contributed by atoms with E-state index in [1.807, 2.05) is 0 Å². The molecule has 0 aliphatic carbocycles. The van der Waals surface area contributed by atoms with Gasteiger partial charge in [-0.3, -0.25) is 9.80 Å². The van der Waals surface area contributed by atoms with Gasteiger partial charge in [0.25, 0.3) is 0 Å². The molecule has 0 amide bonds. The Morgan fingerprint density at radius 2 is 2.17 bits per heavy atom. The van der Waals surface area contributed by atoms with Crippen LogP contribution in [0.1, 0.15) is 6.42 Å². The number of nitrogens with zero attached hydrogens (tertiary/aromatic N) is 2. The van der Waals surface area contributed by atoms with E-state index in [4.69, 9.17) is 0 Å². The van der Waals surface area contributed by atoms with Crippen molar-refractivity contribution in [2.45, 2.75) is 12.6 Å². The van der Waals surface area contributed by atoms with Crippen molar-refractivity contribution in [3.05, 3.63) is 23.8 Å². The molecule has 2 rings (SSSR count). The second-order valence-corrected chi connectivity index (χ2v) is 3.69. The average molecular weight is 164 g/mol. The Morgan fingerprint density at radius 3 is 2.92 bits per heavy atom. The fraction of sp³-hybridized carbons (Fsp3) is 0.600. The number of hydrogen-bond acceptors (Lipinski definition) is 2. The number of hydrogen-bond donors (Lipinski definition) is 0. The molecule has 0 fully saturated rings. The van der Waals surface area contributed by atoms with E-state index in [-0.39, 0.29) is 0 Å². The molecule has 66 valence electrons. The van der Waals surface area contributed by atoms with Gasteiger partial charge in [0.2, 0.25) is 0 Å². The van der Waals surface area contributed by atoms with Crippen LogP contribution < -0.4 is 0 Å². The van der Waals surface area contributed by atoms with Gasteiger partial charge in [-0.15, -0.1) is 0 Å². The Morgan fingerprint density at radius 1 is 1.33 bits per heavy atom. The second-order valence-electron chi connectivity index (χ2n) is 3.69. The van der Waals surface area contributed by atoms with Crippen molar-refractivity contribution in [2.24, 2.45) is 0 Å². The molecule has 2 heteroatoms. The molecule has 1 atom stereocenters. The molecular weight excluding hydrogens is 148 g/mol. The predicted octanol–water partition coefficient (Wildman–Crippen LogP) is 1.08. The smallest absolute Gasteiger partial charge is 0.0880 e. The molecule has 0 radical (unpaired) electrons. The molecule has 0 saturated carbocycles. The third-order valence-electron chi connectivity index (χ3n) is 2.70. The van der Waals surface area contributed by atoms with Crippen molar-refractivity contribution in [3.8, 4) is 0 Å². The maximum atomic E-state index is 2.42. The molecule has 0 aromatic carbocycles. The summed E-state index contributed by atoms with van der Waals surface area (Å²) in [4.78, 5) is 4.80. The van der Waals surface area contributed by atoms with Crippen LogP contribution in [-0.2, 0) is 0 Å². The molecular formula is C10H16N2. The molecule has 2 aliphatic rings. The third kappa shape index (κ3) is 1.21. The van der Waals surface area contributed by atoms with Gasteiger partial charge < -0.3 is 0 Å². The zero-order valence-corrected chi connectivity index (χ0v) is 7.83. The van der Waals surface area contributed by atoms with E-state index in [1.54, 1.807) is 0 Å². The summed E-state index contributed by atoms with van der Waals surface area (Å²) in [7, 11) is 4.39. The summed E-state index contributed by atoms with van der Waals surface area (Å²) in [6, 6.07) is 0. The van der Waals surface area contributed by atoms with E-state index in [1.165, 1.54) is 18.5 Å². The van der Waals surface area contributed by atoms with E-state index in [0.717, 1.165) is 6.54 Å². The first-order valence-electron chi connectivity index (χ1n) is 4.56. The fourth-order valence-corrected chi connectivity index (χ4v) is 2.12. The van der Waals surface area contributed by atoms with Gasteiger partial charge >= 0.3 is 0 Å². The van der Waals surface area contributed by atoms with Gasteiger partial charge in [0, 0.05) is 13.1 Å². The monoisotopic (exact) mass is 164 g/mol. The summed E-state index contributed by atoms with van der Waals surface area (Å²) >= 11 is 0. The van der Waals surface area contributed by atoms with Gasteiger partial charge in [-0.25, -0.2) is 0 Å². The minimum Gasteiger partial charge on any atom is -0.287 e. The topological polar surface area (TPSA) is 6.48 Å². The first-order valence-corrected chi connectivity index (χ1v) is 4.56. The predicted molar refractivity (Wildman–Crippen MR) is 50.9 cm³/mol. The van der Waals surface area contributed by atoms with Crippen LogP contribution in [0.4, 0.5) is 0 Å². The highest BCUT2D eigenvalue weighted by Crippen LogP contribution is 2.22. The van der Waals surface area contributed by atoms with Gasteiger partial charge in [-0.2, -0.15) is 0 Å². The Kier molecular flexibility index (Phi) is 2.03. The summed E-state index contributed by atoms with van der Waals surface area (Å²) in [6.07, 6.45) is 8.59. The molecule has 1 unspecified atom stereocenters. The van der Waals surface area contributed by atoms with Crippen molar-refractivity contribution in [2.75, 3.05) is 27.2 Å². The van der Waals surface area contributed by atoms with Gasteiger partial charge in [0.15, 0.2) is 0 Å². The summed E-state index contributed by atoms with van der Waals surface area (Å²) < 4.78 is 0. The van der Waals surface area contributed by atoms with E-state index < -0.39 is 0 Å². The SMILES string of the molecule is CN1CC=CC2=CCCN(C)C21. The van der Waals surface area contributed by atoms with E-state index in [9.17, 15) is 0 Å². The largest absolute Gasteiger partial charge is 0.287 e. The lowest BCUT2D eigenvalue weighted by Gasteiger charge is -2.40. The highest BCUT2D eigenvalue weighted by atomic mass is 15.3. The van der Waals surface area contributed by atoms with Crippen molar-refractivity contribution < 1.29 is 0 Å². The van der Waals surface area contributed by atoms with E-state index in [2.05, 4.69) is 42.1 Å². The van der Waals surface area contributed by atoms with Crippen LogP contribution in [0.5, 0.6) is 0 Å². The van der Waals surface area contributed by atoms with Crippen LogP contribution in [-0.4, -0.2) is 43.2 Å². The summed E-state index contributed by atoms with van der Waals surface area (Å²) in [5, 5.41) is 0. The normalized spacial score (nSPS) is 31.5. The lowest BCUT2D eigenvalue weighted by atomic mass is 10.0. The molecule has 0 spiro atoms. The molecule has 12 heavy (non-hydrogen) atoms. The number of fused-ring (bicyclic) bond motifs is 1. The molecule has 0 aromatic heterocycles. The Balaban J connectivity index is 2.28. The lowest BCUT2D eigenvalue weighted by molar-refractivity contribution is 0.114. The maximum Gasteiger partial charge on any atom is 0.0880 e. The van der Waals surface area contributed by atoms with Crippen LogP contribution in [0.3, 0.4) is 0 Å². The van der Waals surface area contributed by atoms with Crippen molar-refractivity contribution >= 4 is 0 Å². The quantitative estimate of drug-likeness (QED) is 0.528. The number of rotatable bonds is 0. The Labute approximate surface area is 74.2 Å². The molecule has 2 heterocycles. The zero-order chi connectivity index (χ0) is 8.55. The third-order valence-corrected chi connectivity index (χ3v) is 2.70. The highest BCUT2D eigenvalue weighted by Gasteiger charge is 2.26. The molecule has 0 bridgehead atoms. The minimum atomic E-state index is 0.531. The van der Waals surface area contributed by atoms with Crippen LogP contribution in [0, 0.1) is 0 Å². The number of likely N-dealkylation sites (N-methyl/N-ethyl adjacent to an activating group) is 2. The Hall–Kier alpha value is -0.600. The first kappa shape index (κ1) is 8.02. The highest BCUT2D eigenvalue weighted by molar-refractivity contribution is 5.29. The van der Waals surface area contributed by atoms with Crippen molar-refractivity contribution in [1.29, 1.82) is 0 Å². The van der Waals surface area contributed by atoms with Gasteiger partial charge in [-0.1, -0.05) is 18.2 Å². The molecule has 2 nitrogen and oxygen atoms in total. The van der Waals surface area contributed by atoms with Crippen molar-refractivity contribution in [3.63, 3.8) is 0 Å². The van der Waals surface area contributed by atoms with Crippen LogP contribution in [0.15, 0.2) is 23.8 Å². The molecule has 0 saturated heterocycles. The summed E-state index contributed by atoms with van der Waals surface area (Å²) in [5.41, 5.74) is 1.47. The van der Waals surface area contributed by atoms with Crippen molar-refractivity contribution in [1.82, 2.24) is 9.80 Å². The lowest BCUT2D eigenvalue weighted by Crippen LogP contribution is -2.49. The zero-order valence-electron chi connectivity index (χ0n) is 7.83. The van der Waals surface area contributed by atoms with Crippen LogP contribution in [0.25, 0.3) is 0 Å². The molecule has 2 aliphatic heterocycles. The van der Waals surface area contributed by atoms with Crippen LogP contribution in [0.2, 0.25) is 0 Å². The maximum absolute atomic E-state index is 2.42. The van der Waals surface area contributed by atoms with E-state index >= 15 is 0 Å². The average Bonchev–Trinajstić information content (AvgIpc) is 2.04. The van der Waals surface area contributed by atoms with E-state index in [0.29, 0.717) is 6.17 Å². The van der Waals surface area contributed by atoms with Gasteiger partial charge in [0.1, 0.15) is 0 Å². The summed E-state index contributed by atoms with van der Waals surface area (Å²) in [6.45, 7) is 2.26. The minimum absolute atomic E-state index is 0.531. The van der Waals surface area contributed by atoms with Gasteiger partial charge in [0.05, 0.1) is 6.17 Å². The first-order chi connectivity index (χ1) is 5.79.